The van der Waals surface area contributed by atoms with Gasteiger partial charge in [-0.3, -0.25) is 9.59 Å². The Morgan fingerprint density at radius 2 is 1.66 bits per heavy atom. The SMILES string of the molecule is CC(=O)Nc1ccc(S(=O)(=O)NCCNC(=O)C(C)Oc2ccc(Cl)cc2)cc1. The number of nitrogens with one attached hydrogen (secondary N) is 3. The summed E-state index contributed by atoms with van der Waals surface area (Å²) in [7, 11) is -3.73. The summed E-state index contributed by atoms with van der Waals surface area (Å²) in [4.78, 5) is 23.1. The van der Waals surface area contributed by atoms with Crippen LogP contribution in [0.4, 0.5) is 5.69 Å². The van der Waals surface area contributed by atoms with Crippen molar-refractivity contribution in [3.05, 3.63) is 53.6 Å². The van der Waals surface area contributed by atoms with Crippen molar-refractivity contribution in [1.29, 1.82) is 0 Å². The van der Waals surface area contributed by atoms with Gasteiger partial charge in [0, 0.05) is 30.7 Å². The van der Waals surface area contributed by atoms with E-state index in [1.807, 2.05) is 0 Å². The highest BCUT2D eigenvalue weighted by Crippen LogP contribution is 2.17. The second-order valence-corrected chi connectivity index (χ2v) is 8.31. The van der Waals surface area contributed by atoms with Crippen LogP contribution in [0.15, 0.2) is 53.4 Å². The fourth-order valence-corrected chi connectivity index (χ4v) is 3.45. The molecule has 0 saturated heterocycles. The summed E-state index contributed by atoms with van der Waals surface area (Å²) >= 11 is 5.80. The molecule has 0 aliphatic rings. The second kappa shape index (κ2) is 10.2. The summed E-state index contributed by atoms with van der Waals surface area (Å²) in [5.74, 6) is -0.122. The lowest BCUT2D eigenvalue weighted by Crippen LogP contribution is -2.40. The highest BCUT2D eigenvalue weighted by Gasteiger charge is 2.16. The first-order valence-electron chi connectivity index (χ1n) is 8.74. The van der Waals surface area contributed by atoms with E-state index in [1.54, 1.807) is 31.2 Å². The maximum Gasteiger partial charge on any atom is 0.260 e. The summed E-state index contributed by atoms with van der Waals surface area (Å²) in [6.07, 6.45) is -0.755. The Morgan fingerprint density at radius 3 is 2.24 bits per heavy atom. The largest absolute Gasteiger partial charge is 0.481 e. The maximum absolute atomic E-state index is 12.3. The highest BCUT2D eigenvalue weighted by atomic mass is 35.5. The number of benzene rings is 2. The highest BCUT2D eigenvalue weighted by molar-refractivity contribution is 7.89. The number of hydrogen-bond donors (Lipinski definition) is 3. The van der Waals surface area contributed by atoms with E-state index in [9.17, 15) is 18.0 Å². The standard InChI is InChI=1S/C19H22ClN3O5S/c1-13(28-17-7-3-15(20)4-8-17)19(25)21-11-12-22-29(26,27)18-9-5-16(6-10-18)23-14(2)24/h3-10,13,22H,11-12H2,1-2H3,(H,21,25)(H,23,24). The van der Waals surface area contributed by atoms with Gasteiger partial charge >= 0.3 is 0 Å². The topological polar surface area (TPSA) is 114 Å². The lowest BCUT2D eigenvalue weighted by molar-refractivity contribution is -0.127. The smallest absolute Gasteiger partial charge is 0.260 e. The molecule has 3 N–H and O–H groups in total. The van der Waals surface area contributed by atoms with Gasteiger partial charge < -0.3 is 15.4 Å². The molecule has 0 bridgehead atoms. The van der Waals surface area contributed by atoms with Crippen LogP contribution >= 0.6 is 11.6 Å². The number of halogens is 1. The Morgan fingerprint density at radius 1 is 1.03 bits per heavy atom. The number of ether oxygens (including phenoxy) is 1. The summed E-state index contributed by atoms with van der Waals surface area (Å²) in [6, 6.07) is 12.4. The zero-order valence-electron chi connectivity index (χ0n) is 15.9. The summed E-state index contributed by atoms with van der Waals surface area (Å²) < 4.78 is 32.4. The second-order valence-electron chi connectivity index (χ2n) is 6.11. The molecule has 2 amide bonds. The number of carbonyl (C=O) groups is 2. The average Bonchev–Trinajstić information content (AvgIpc) is 2.67. The van der Waals surface area contributed by atoms with E-state index in [0.717, 1.165) is 0 Å². The molecule has 1 unspecified atom stereocenters. The van der Waals surface area contributed by atoms with Crippen molar-refractivity contribution in [2.75, 3.05) is 18.4 Å². The third-order valence-electron chi connectivity index (χ3n) is 3.70. The van der Waals surface area contributed by atoms with Gasteiger partial charge in [0.15, 0.2) is 6.10 Å². The zero-order chi connectivity index (χ0) is 21.4. The monoisotopic (exact) mass is 439 g/mol. The molecule has 29 heavy (non-hydrogen) atoms. The summed E-state index contributed by atoms with van der Waals surface area (Å²) in [5.41, 5.74) is 0.499. The predicted octanol–water partition coefficient (Wildman–Crippen LogP) is 2.16. The fourth-order valence-electron chi connectivity index (χ4n) is 2.29. The minimum Gasteiger partial charge on any atom is -0.481 e. The maximum atomic E-state index is 12.3. The predicted molar refractivity (Wildman–Crippen MR) is 110 cm³/mol. The quantitative estimate of drug-likeness (QED) is 0.518. The van der Waals surface area contributed by atoms with Gasteiger partial charge in [-0.15, -0.1) is 0 Å². The lowest BCUT2D eigenvalue weighted by atomic mass is 10.3. The van der Waals surface area contributed by atoms with Crippen LogP contribution in [0.3, 0.4) is 0 Å². The van der Waals surface area contributed by atoms with Crippen LogP contribution in [-0.2, 0) is 19.6 Å². The molecule has 156 valence electrons. The summed E-state index contributed by atoms with van der Waals surface area (Å²) in [6.45, 7) is 3.05. The van der Waals surface area contributed by atoms with Gasteiger partial charge in [-0.1, -0.05) is 11.6 Å². The van der Waals surface area contributed by atoms with Gasteiger partial charge in [-0.05, 0) is 55.5 Å². The minimum absolute atomic E-state index is 0.00911. The first-order valence-corrected chi connectivity index (χ1v) is 10.6. The fraction of sp³-hybridized carbons (Fsp3) is 0.263. The van der Waals surface area contributed by atoms with Crippen LogP contribution in [0.2, 0.25) is 5.02 Å². The summed E-state index contributed by atoms with van der Waals surface area (Å²) in [5, 5.41) is 5.72. The first-order chi connectivity index (χ1) is 13.7. The lowest BCUT2D eigenvalue weighted by Gasteiger charge is -2.15. The molecule has 0 spiro atoms. The molecule has 2 rings (SSSR count). The molecule has 0 aliphatic carbocycles. The van der Waals surface area contributed by atoms with Gasteiger partial charge in [-0.2, -0.15) is 0 Å². The van der Waals surface area contributed by atoms with Crippen LogP contribution in [-0.4, -0.2) is 39.4 Å². The van der Waals surface area contributed by atoms with Crippen molar-refractivity contribution in [3.63, 3.8) is 0 Å². The molecule has 1 atom stereocenters. The van der Waals surface area contributed by atoms with E-state index in [0.29, 0.717) is 16.5 Å². The van der Waals surface area contributed by atoms with Crippen molar-refractivity contribution >= 4 is 39.1 Å². The zero-order valence-corrected chi connectivity index (χ0v) is 17.5. The molecule has 0 aromatic heterocycles. The van der Waals surface area contributed by atoms with Crippen LogP contribution in [0.1, 0.15) is 13.8 Å². The minimum atomic E-state index is -3.73. The van der Waals surface area contributed by atoms with Gasteiger partial charge in [0.25, 0.3) is 5.91 Å². The molecule has 0 heterocycles. The Kier molecular flexibility index (Phi) is 8.00. The molecule has 10 heteroatoms. The van der Waals surface area contributed by atoms with Gasteiger partial charge in [0.05, 0.1) is 4.90 Å². The Hall–Kier alpha value is -2.62. The van der Waals surface area contributed by atoms with E-state index in [4.69, 9.17) is 16.3 Å². The van der Waals surface area contributed by atoms with Crippen LogP contribution in [0, 0.1) is 0 Å². The van der Waals surface area contributed by atoms with Crippen molar-refractivity contribution in [2.24, 2.45) is 0 Å². The number of amides is 2. The van der Waals surface area contributed by atoms with E-state index in [-0.39, 0.29) is 29.8 Å². The third-order valence-corrected chi connectivity index (χ3v) is 5.43. The molecule has 0 saturated carbocycles. The molecule has 8 nitrogen and oxygen atoms in total. The van der Waals surface area contributed by atoms with Crippen molar-refractivity contribution in [2.45, 2.75) is 24.8 Å². The number of sulfonamides is 1. The van der Waals surface area contributed by atoms with Crippen LogP contribution < -0.4 is 20.1 Å². The van der Waals surface area contributed by atoms with Crippen molar-refractivity contribution in [1.82, 2.24) is 10.0 Å². The third kappa shape index (κ3) is 7.37. The molecular weight excluding hydrogens is 418 g/mol. The van der Waals surface area contributed by atoms with Crippen molar-refractivity contribution in [3.8, 4) is 5.75 Å². The van der Waals surface area contributed by atoms with E-state index < -0.39 is 16.1 Å². The van der Waals surface area contributed by atoms with Gasteiger partial charge in [0.1, 0.15) is 5.75 Å². The van der Waals surface area contributed by atoms with E-state index >= 15 is 0 Å². The van der Waals surface area contributed by atoms with Gasteiger partial charge in [0.2, 0.25) is 15.9 Å². The van der Waals surface area contributed by atoms with E-state index in [2.05, 4.69) is 15.4 Å². The number of carbonyl (C=O) groups excluding carboxylic acids is 2. The van der Waals surface area contributed by atoms with Crippen molar-refractivity contribution < 1.29 is 22.7 Å². The number of hydrogen-bond acceptors (Lipinski definition) is 5. The molecule has 2 aromatic rings. The Bertz CT molecular complexity index is 947. The number of rotatable bonds is 9. The van der Waals surface area contributed by atoms with Gasteiger partial charge in [-0.25, -0.2) is 13.1 Å². The molecule has 0 aliphatic heterocycles. The Balaban J connectivity index is 1.78. The molecule has 0 fully saturated rings. The molecular formula is C19H22ClN3O5S. The normalized spacial score (nSPS) is 12.1. The first kappa shape index (κ1) is 22.7. The van der Waals surface area contributed by atoms with Crippen LogP contribution in [0.5, 0.6) is 5.75 Å². The molecule has 0 radical (unpaired) electrons. The number of anilines is 1. The Labute approximate surface area is 174 Å². The average molecular weight is 440 g/mol. The van der Waals surface area contributed by atoms with E-state index in [1.165, 1.54) is 31.2 Å². The van der Waals surface area contributed by atoms with Crippen LogP contribution in [0.25, 0.3) is 0 Å². The molecule has 2 aromatic carbocycles.